The van der Waals surface area contributed by atoms with Crippen LogP contribution in [0, 0.1) is 0 Å². The fourth-order valence-electron chi connectivity index (χ4n) is 2.56. The van der Waals surface area contributed by atoms with Gasteiger partial charge in [-0.15, -0.1) is 0 Å². The zero-order chi connectivity index (χ0) is 18.4. The van der Waals surface area contributed by atoms with Gasteiger partial charge in [0.1, 0.15) is 6.61 Å². The highest BCUT2D eigenvalue weighted by Gasteiger charge is 2.41. The number of likely N-dealkylation sites (tertiary alicyclic amines) is 1. The van der Waals surface area contributed by atoms with Crippen LogP contribution in [0.3, 0.4) is 0 Å². The molecule has 0 aromatic heterocycles. The number of carbonyl (C=O) groups is 3. The lowest BCUT2D eigenvalue weighted by Crippen LogP contribution is -2.41. The van der Waals surface area contributed by atoms with Crippen LogP contribution in [0.2, 0.25) is 0 Å². The Kier molecular flexibility index (Phi) is 6.16. The van der Waals surface area contributed by atoms with Gasteiger partial charge in [0.2, 0.25) is 0 Å². The first-order valence-corrected chi connectivity index (χ1v) is 8.03. The molecule has 1 aliphatic rings. The Bertz CT molecular complexity index is 669. The van der Waals surface area contributed by atoms with Gasteiger partial charge in [-0.3, -0.25) is 4.79 Å². The molecule has 0 unspecified atom stereocenters. The van der Waals surface area contributed by atoms with Gasteiger partial charge < -0.3 is 14.4 Å². The molecule has 25 heavy (non-hydrogen) atoms. The van der Waals surface area contributed by atoms with Crippen LogP contribution < -0.4 is 0 Å². The summed E-state index contributed by atoms with van der Waals surface area (Å²) >= 11 is 0. The summed E-state index contributed by atoms with van der Waals surface area (Å²) in [6.07, 6.45) is 1.24. The number of hydrogen-bond donors (Lipinski definition) is 0. The molecule has 134 valence electrons. The molecule has 1 aromatic rings. The molecule has 0 spiro atoms. The molecule has 2 rings (SSSR count). The molecule has 1 aliphatic heterocycles. The van der Waals surface area contributed by atoms with Crippen molar-refractivity contribution >= 4 is 18.0 Å². The molecular formula is C18H22N2O5. The van der Waals surface area contributed by atoms with Crippen molar-refractivity contribution in [1.29, 1.82) is 0 Å². The molecule has 1 aromatic carbocycles. The maximum absolute atomic E-state index is 12.5. The Morgan fingerprint density at radius 3 is 2.52 bits per heavy atom. The number of rotatable bonds is 5. The molecule has 0 radical (unpaired) electrons. The lowest BCUT2D eigenvalue weighted by Gasteiger charge is -2.21. The van der Waals surface area contributed by atoms with Crippen molar-refractivity contribution in [1.82, 2.24) is 9.80 Å². The fourth-order valence-corrected chi connectivity index (χ4v) is 2.56. The second-order valence-electron chi connectivity index (χ2n) is 5.81. The average molecular weight is 346 g/mol. The smallest absolute Gasteiger partial charge is 0.417 e. The second-order valence-corrected chi connectivity index (χ2v) is 5.81. The molecular weight excluding hydrogens is 324 g/mol. The number of ether oxygens (including phenoxy) is 2. The average Bonchev–Trinajstić information content (AvgIpc) is 2.89. The summed E-state index contributed by atoms with van der Waals surface area (Å²) in [6.45, 7) is 1.74. The number of benzene rings is 1. The van der Waals surface area contributed by atoms with Crippen LogP contribution in [0.25, 0.3) is 0 Å². The van der Waals surface area contributed by atoms with E-state index in [9.17, 15) is 14.4 Å². The highest BCUT2D eigenvalue weighted by Crippen LogP contribution is 2.26. The maximum Gasteiger partial charge on any atom is 0.417 e. The molecule has 0 aliphatic carbocycles. The Balaban J connectivity index is 2.11. The number of amides is 2. The van der Waals surface area contributed by atoms with Crippen molar-refractivity contribution in [2.24, 2.45) is 0 Å². The van der Waals surface area contributed by atoms with Crippen LogP contribution in [0.5, 0.6) is 0 Å². The van der Waals surface area contributed by atoms with Gasteiger partial charge in [0.15, 0.2) is 0 Å². The van der Waals surface area contributed by atoms with Crippen molar-refractivity contribution < 1.29 is 23.9 Å². The fraction of sp³-hybridized carbons (Fsp3) is 0.389. The topological polar surface area (TPSA) is 76.2 Å². The lowest BCUT2D eigenvalue weighted by molar-refractivity contribution is -0.125. The van der Waals surface area contributed by atoms with Crippen LogP contribution in [0.15, 0.2) is 42.1 Å². The maximum atomic E-state index is 12.5. The molecule has 1 saturated heterocycles. The normalized spacial score (nSPS) is 18.4. The summed E-state index contributed by atoms with van der Waals surface area (Å²) in [4.78, 5) is 39.4. The van der Waals surface area contributed by atoms with Crippen LogP contribution in [0.4, 0.5) is 4.79 Å². The first-order chi connectivity index (χ1) is 11.9. The van der Waals surface area contributed by atoms with E-state index in [4.69, 9.17) is 9.47 Å². The minimum absolute atomic E-state index is 0.0803. The van der Waals surface area contributed by atoms with Crippen molar-refractivity contribution in [3.05, 3.63) is 47.7 Å². The molecule has 7 heteroatoms. The van der Waals surface area contributed by atoms with E-state index in [0.29, 0.717) is 17.6 Å². The third-order valence-electron chi connectivity index (χ3n) is 3.61. The minimum atomic E-state index is -0.726. The Morgan fingerprint density at radius 2 is 1.92 bits per heavy atom. The van der Waals surface area contributed by atoms with Gasteiger partial charge >= 0.3 is 12.1 Å². The summed E-state index contributed by atoms with van der Waals surface area (Å²) < 4.78 is 10.2. The Hall–Kier alpha value is -2.83. The van der Waals surface area contributed by atoms with E-state index in [-0.39, 0.29) is 13.2 Å². The lowest BCUT2D eigenvalue weighted by atomic mass is 10.1. The van der Waals surface area contributed by atoms with Crippen LogP contribution >= 0.6 is 0 Å². The highest BCUT2D eigenvalue weighted by molar-refractivity contribution is 6.05. The van der Waals surface area contributed by atoms with Gasteiger partial charge in [0.25, 0.3) is 5.91 Å². The third kappa shape index (κ3) is 4.59. The number of esters is 1. The summed E-state index contributed by atoms with van der Waals surface area (Å²) in [6, 6.07) is 7.97. The Labute approximate surface area is 146 Å². The SMILES string of the molecule is CCOC(=O)N1C(=O)/C(=C/N(C)C)C[C@H]1COC(=O)c1ccccc1. The van der Waals surface area contributed by atoms with Crippen LogP contribution in [-0.4, -0.2) is 61.1 Å². The molecule has 1 fully saturated rings. The number of imide groups is 1. The molecule has 0 bridgehead atoms. The second kappa shape index (κ2) is 8.32. The zero-order valence-corrected chi connectivity index (χ0v) is 14.6. The largest absolute Gasteiger partial charge is 0.460 e. The van der Waals surface area contributed by atoms with E-state index in [1.165, 1.54) is 0 Å². The van der Waals surface area contributed by atoms with Crippen molar-refractivity contribution in [3.63, 3.8) is 0 Å². The molecule has 7 nitrogen and oxygen atoms in total. The summed E-state index contributed by atoms with van der Waals surface area (Å²) in [5.74, 6) is -0.921. The van der Waals surface area contributed by atoms with E-state index < -0.39 is 24.0 Å². The van der Waals surface area contributed by atoms with Crippen molar-refractivity contribution in [3.8, 4) is 0 Å². The van der Waals surface area contributed by atoms with Gasteiger partial charge in [-0.05, 0) is 19.1 Å². The van der Waals surface area contributed by atoms with Crippen LogP contribution in [0.1, 0.15) is 23.7 Å². The molecule has 1 atom stereocenters. The monoisotopic (exact) mass is 346 g/mol. The first kappa shape index (κ1) is 18.5. The van der Waals surface area contributed by atoms with E-state index in [0.717, 1.165) is 4.90 Å². The number of nitrogens with zero attached hydrogens (tertiary/aromatic N) is 2. The van der Waals surface area contributed by atoms with E-state index >= 15 is 0 Å². The highest BCUT2D eigenvalue weighted by atomic mass is 16.6. The van der Waals surface area contributed by atoms with Gasteiger partial charge in [0, 0.05) is 32.3 Å². The molecule has 0 saturated carbocycles. The van der Waals surface area contributed by atoms with Gasteiger partial charge in [-0.1, -0.05) is 18.2 Å². The predicted octanol–water partition coefficient (Wildman–Crippen LogP) is 2.05. The van der Waals surface area contributed by atoms with Crippen molar-refractivity contribution in [2.75, 3.05) is 27.3 Å². The summed E-state index contributed by atoms with van der Waals surface area (Å²) in [5.41, 5.74) is 0.886. The van der Waals surface area contributed by atoms with E-state index in [1.807, 2.05) is 0 Å². The summed E-state index contributed by atoms with van der Waals surface area (Å²) in [7, 11) is 3.58. The van der Waals surface area contributed by atoms with Gasteiger partial charge in [-0.2, -0.15) is 0 Å². The standard InChI is InChI=1S/C18H22N2O5/c1-4-24-18(23)20-15(10-14(16(20)21)11-19(2)3)12-25-17(22)13-8-6-5-7-9-13/h5-9,11,15H,4,10,12H2,1-3H3/b14-11+/t15-/m0/s1. The first-order valence-electron chi connectivity index (χ1n) is 8.03. The van der Waals surface area contributed by atoms with Gasteiger partial charge in [0.05, 0.1) is 18.2 Å². The predicted molar refractivity (Wildman–Crippen MR) is 90.8 cm³/mol. The third-order valence-corrected chi connectivity index (χ3v) is 3.61. The molecule has 2 amide bonds. The Morgan fingerprint density at radius 1 is 1.24 bits per heavy atom. The quantitative estimate of drug-likeness (QED) is 0.600. The van der Waals surface area contributed by atoms with Crippen molar-refractivity contribution in [2.45, 2.75) is 19.4 Å². The van der Waals surface area contributed by atoms with Gasteiger partial charge in [-0.25, -0.2) is 14.5 Å². The number of carbonyl (C=O) groups excluding carboxylic acids is 3. The van der Waals surface area contributed by atoms with Crippen LogP contribution in [-0.2, 0) is 14.3 Å². The summed E-state index contributed by atoms with van der Waals surface area (Å²) in [5, 5.41) is 0. The minimum Gasteiger partial charge on any atom is -0.460 e. The molecule has 1 heterocycles. The zero-order valence-electron chi connectivity index (χ0n) is 14.6. The number of hydrogen-bond acceptors (Lipinski definition) is 6. The molecule has 0 N–H and O–H groups in total. The van der Waals surface area contributed by atoms with E-state index in [1.54, 1.807) is 62.5 Å². The van der Waals surface area contributed by atoms with E-state index in [2.05, 4.69) is 0 Å².